The maximum atomic E-state index is 5.27. The van der Waals surface area contributed by atoms with E-state index in [4.69, 9.17) is 4.74 Å². The maximum Gasteiger partial charge on any atom is 0.0510 e. The molecule has 2 aliphatic heterocycles. The van der Waals surface area contributed by atoms with Crippen molar-refractivity contribution in [2.45, 2.75) is 0 Å². The summed E-state index contributed by atoms with van der Waals surface area (Å²) in [5, 5.41) is 3.34. The van der Waals surface area contributed by atoms with E-state index in [0.717, 1.165) is 25.0 Å². The third kappa shape index (κ3) is 1.20. The van der Waals surface area contributed by atoms with Crippen LogP contribution < -0.4 is 5.32 Å². The minimum absolute atomic E-state index is 0. The number of ether oxygens (including phenoxy) is 1. The Morgan fingerprint density at radius 1 is 1.11 bits per heavy atom. The highest BCUT2D eigenvalue weighted by atomic mass is 35.5. The van der Waals surface area contributed by atoms with Crippen molar-refractivity contribution in [3.63, 3.8) is 0 Å². The van der Waals surface area contributed by atoms with Crippen LogP contribution in [0.3, 0.4) is 0 Å². The van der Waals surface area contributed by atoms with Crippen LogP contribution in [0.5, 0.6) is 0 Å². The summed E-state index contributed by atoms with van der Waals surface area (Å²) >= 11 is 0. The first-order chi connectivity index (χ1) is 3.97. The zero-order chi connectivity index (χ0) is 5.40. The SMILES string of the molecule is C1NC[C@@H]2COC[C@@H]12.Cl. The van der Waals surface area contributed by atoms with E-state index in [-0.39, 0.29) is 12.4 Å². The van der Waals surface area contributed by atoms with Gasteiger partial charge in [-0.15, -0.1) is 12.4 Å². The second-order valence-electron chi connectivity index (χ2n) is 2.72. The molecule has 0 unspecified atom stereocenters. The van der Waals surface area contributed by atoms with Crippen molar-refractivity contribution in [3.8, 4) is 0 Å². The second-order valence-corrected chi connectivity index (χ2v) is 2.72. The molecule has 0 saturated carbocycles. The van der Waals surface area contributed by atoms with Crippen molar-refractivity contribution in [1.29, 1.82) is 0 Å². The number of rotatable bonds is 0. The van der Waals surface area contributed by atoms with Crippen LogP contribution in [0.4, 0.5) is 0 Å². The van der Waals surface area contributed by atoms with Crippen molar-refractivity contribution in [1.82, 2.24) is 5.32 Å². The minimum Gasteiger partial charge on any atom is -0.381 e. The summed E-state index contributed by atoms with van der Waals surface area (Å²) < 4.78 is 5.27. The predicted octanol–water partition coefficient (Wildman–Crippen LogP) is 0.274. The molecule has 54 valence electrons. The van der Waals surface area contributed by atoms with E-state index in [9.17, 15) is 0 Å². The van der Waals surface area contributed by atoms with Gasteiger partial charge >= 0.3 is 0 Å². The fraction of sp³-hybridized carbons (Fsp3) is 1.00. The van der Waals surface area contributed by atoms with Gasteiger partial charge in [-0.2, -0.15) is 0 Å². The van der Waals surface area contributed by atoms with Gasteiger partial charge in [0.15, 0.2) is 0 Å². The third-order valence-corrected chi connectivity index (χ3v) is 2.14. The lowest BCUT2D eigenvalue weighted by Gasteiger charge is -1.99. The van der Waals surface area contributed by atoms with Crippen LogP contribution in [0.25, 0.3) is 0 Å². The van der Waals surface area contributed by atoms with E-state index in [1.165, 1.54) is 13.1 Å². The monoisotopic (exact) mass is 149 g/mol. The van der Waals surface area contributed by atoms with Crippen LogP contribution in [-0.4, -0.2) is 26.3 Å². The van der Waals surface area contributed by atoms with Gasteiger partial charge in [-0.05, 0) is 0 Å². The molecule has 0 aromatic rings. The Kier molecular flexibility index (Phi) is 2.33. The first kappa shape index (κ1) is 7.32. The van der Waals surface area contributed by atoms with E-state index < -0.39 is 0 Å². The molecule has 2 heterocycles. The van der Waals surface area contributed by atoms with Crippen molar-refractivity contribution in [3.05, 3.63) is 0 Å². The molecule has 3 heteroatoms. The van der Waals surface area contributed by atoms with Crippen molar-refractivity contribution >= 4 is 12.4 Å². The van der Waals surface area contributed by atoms with Gasteiger partial charge < -0.3 is 10.1 Å². The summed E-state index contributed by atoms with van der Waals surface area (Å²) in [7, 11) is 0. The average Bonchev–Trinajstić information content (AvgIpc) is 2.15. The number of nitrogens with one attached hydrogen (secondary N) is 1. The van der Waals surface area contributed by atoms with E-state index >= 15 is 0 Å². The Hall–Kier alpha value is 0.210. The summed E-state index contributed by atoms with van der Waals surface area (Å²) in [5.41, 5.74) is 0. The molecule has 0 amide bonds. The van der Waals surface area contributed by atoms with Gasteiger partial charge in [0.25, 0.3) is 0 Å². The molecule has 9 heavy (non-hydrogen) atoms. The van der Waals surface area contributed by atoms with Crippen molar-refractivity contribution in [2.24, 2.45) is 11.8 Å². The Labute approximate surface area is 61.4 Å². The lowest BCUT2D eigenvalue weighted by atomic mass is 10.0. The van der Waals surface area contributed by atoms with E-state index in [1.807, 2.05) is 0 Å². The maximum absolute atomic E-state index is 5.27. The predicted molar refractivity (Wildman–Crippen MR) is 37.9 cm³/mol. The first-order valence-corrected chi connectivity index (χ1v) is 3.25. The van der Waals surface area contributed by atoms with Gasteiger partial charge in [-0.3, -0.25) is 0 Å². The number of halogens is 1. The molecule has 2 atom stereocenters. The number of hydrogen-bond donors (Lipinski definition) is 1. The molecule has 1 N–H and O–H groups in total. The van der Waals surface area contributed by atoms with Gasteiger partial charge in [-0.25, -0.2) is 0 Å². The lowest BCUT2D eigenvalue weighted by molar-refractivity contribution is 0.175. The highest BCUT2D eigenvalue weighted by Gasteiger charge is 2.31. The van der Waals surface area contributed by atoms with Crippen molar-refractivity contribution in [2.75, 3.05) is 26.3 Å². The zero-order valence-corrected chi connectivity index (χ0v) is 6.12. The highest BCUT2D eigenvalue weighted by Crippen LogP contribution is 2.22. The van der Waals surface area contributed by atoms with Crippen LogP contribution in [0.2, 0.25) is 0 Å². The summed E-state index contributed by atoms with van der Waals surface area (Å²) in [6.45, 7) is 4.37. The van der Waals surface area contributed by atoms with Crippen LogP contribution >= 0.6 is 12.4 Å². The molecule has 2 nitrogen and oxygen atoms in total. The molecular weight excluding hydrogens is 138 g/mol. The Morgan fingerprint density at radius 2 is 1.67 bits per heavy atom. The fourth-order valence-electron chi connectivity index (χ4n) is 1.55. The fourth-order valence-corrected chi connectivity index (χ4v) is 1.55. The highest BCUT2D eigenvalue weighted by molar-refractivity contribution is 5.85. The van der Waals surface area contributed by atoms with Gasteiger partial charge in [0.05, 0.1) is 13.2 Å². The lowest BCUT2D eigenvalue weighted by Crippen LogP contribution is -2.11. The Bertz CT molecular complexity index is 79.1. The summed E-state index contributed by atoms with van der Waals surface area (Å²) in [5.74, 6) is 1.69. The summed E-state index contributed by atoms with van der Waals surface area (Å²) in [4.78, 5) is 0. The Morgan fingerprint density at radius 3 is 2.22 bits per heavy atom. The Balaban J connectivity index is 0.000000405. The van der Waals surface area contributed by atoms with Crippen LogP contribution in [0, 0.1) is 11.8 Å². The van der Waals surface area contributed by atoms with Crippen LogP contribution in [0.1, 0.15) is 0 Å². The second kappa shape index (κ2) is 2.86. The largest absolute Gasteiger partial charge is 0.381 e. The molecule has 0 aromatic heterocycles. The topological polar surface area (TPSA) is 21.3 Å². The van der Waals surface area contributed by atoms with Crippen LogP contribution in [-0.2, 0) is 4.74 Å². The third-order valence-electron chi connectivity index (χ3n) is 2.14. The summed E-state index contributed by atoms with van der Waals surface area (Å²) in [6.07, 6.45) is 0. The molecule has 2 rings (SSSR count). The van der Waals surface area contributed by atoms with Gasteiger partial charge in [0.2, 0.25) is 0 Å². The quantitative estimate of drug-likeness (QED) is 0.534. The van der Waals surface area contributed by atoms with Gasteiger partial charge in [-0.1, -0.05) is 0 Å². The molecule has 2 aliphatic rings. The van der Waals surface area contributed by atoms with E-state index in [1.54, 1.807) is 0 Å². The number of hydrogen-bond acceptors (Lipinski definition) is 2. The van der Waals surface area contributed by atoms with Crippen molar-refractivity contribution < 1.29 is 4.74 Å². The number of fused-ring (bicyclic) bond motifs is 1. The molecule has 2 saturated heterocycles. The van der Waals surface area contributed by atoms with Crippen LogP contribution in [0.15, 0.2) is 0 Å². The first-order valence-electron chi connectivity index (χ1n) is 3.25. The summed E-state index contributed by atoms with van der Waals surface area (Å²) in [6, 6.07) is 0. The normalized spacial score (nSPS) is 40.0. The molecule has 0 aliphatic carbocycles. The van der Waals surface area contributed by atoms with E-state index in [0.29, 0.717) is 0 Å². The molecule has 0 aromatic carbocycles. The zero-order valence-electron chi connectivity index (χ0n) is 5.30. The smallest absolute Gasteiger partial charge is 0.0510 e. The standard InChI is InChI=1S/C6H11NO.ClH/c1-5-3-8-4-6(5)2-7-1;/h5-7H,1-4H2;1H/t5-,6-;/m1./s1. The van der Waals surface area contributed by atoms with Gasteiger partial charge in [0, 0.05) is 24.9 Å². The molecule has 0 bridgehead atoms. The molecule has 2 fully saturated rings. The molecular formula is C6H12ClNO. The van der Waals surface area contributed by atoms with Gasteiger partial charge in [0.1, 0.15) is 0 Å². The van der Waals surface area contributed by atoms with E-state index in [2.05, 4.69) is 5.32 Å². The minimum atomic E-state index is 0. The molecule has 0 radical (unpaired) electrons. The average molecular weight is 150 g/mol. The molecule has 0 spiro atoms.